The topological polar surface area (TPSA) is 0 Å². The Balaban J connectivity index is 3.19. The Hall–Kier alpha value is -0.650. The summed E-state index contributed by atoms with van der Waals surface area (Å²) in [5, 5.41) is 0. The summed E-state index contributed by atoms with van der Waals surface area (Å²) in [4.78, 5) is -2.32. The van der Waals surface area contributed by atoms with Crippen LogP contribution in [0.1, 0.15) is 10.4 Å². The van der Waals surface area contributed by atoms with Gasteiger partial charge in [0.2, 0.25) is 0 Å². The van der Waals surface area contributed by atoms with Crippen LogP contribution in [-0.4, -0.2) is 6.18 Å². The maximum absolute atomic E-state index is 12.9. The second-order valence-corrected chi connectivity index (χ2v) is 3.46. The summed E-state index contributed by atoms with van der Waals surface area (Å²) in [6.07, 6.45) is -4.72. The lowest BCUT2D eigenvalue weighted by Crippen LogP contribution is -2.17. The van der Waals surface area contributed by atoms with E-state index in [-0.39, 0.29) is 0 Å². The number of hydrogen-bond acceptors (Lipinski definition) is 0. The smallest absolute Gasteiger partial charge is 0.207 e. The highest BCUT2D eigenvalue weighted by Crippen LogP contribution is 2.41. The van der Waals surface area contributed by atoms with Crippen LogP contribution in [0.25, 0.3) is 0 Å². The minimum atomic E-state index is -4.72. The number of rotatable bonds is 1. The molecule has 78 valence electrons. The zero-order chi connectivity index (χ0) is 10.9. The van der Waals surface area contributed by atoms with E-state index < -0.39 is 28.2 Å². The van der Waals surface area contributed by atoms with E-state index in [0.29, 0.717) is 0 Å². The third-order valence-corrected chi connectivity index (χ3v) is 2.52. The first kappa shape index (κ1) is 11.4. The van der Waals surface area contributed by atoms with Gasteiger partial charge in [0.05, 0.1) is 0 Å². The van der Waals surface area contributed by atoms with Gasteiger partial charge in [0.1, 0.15) is 16.5 Å². The molecule has 1 aromatic carbocycles. The Morgan fingerprint density at radius 2 is 1.50 bits per heavy atom. The summed E-state index contributed by atoms with van der Waals surface area (Å²) in [6.45, 7) is 0. The Bertz CT molecular complexity index is 313. The molecule has 0 amide bonds. The van der Waals surface area contributed by atoms with Gasteiger partial charge in [0.25, 0.3) is 0 Å². The number of alkyl halides is 4. The van der Waals surface area contributed by atoms with Gasteiger partial charge >= 0.3 is 6.18 Å². The molecule has 14 heavy (non-hydrogen) atoms. The average molecular weight is 275 g/mol. The molecule has 0 aromatic heterocycles. The Morgan fingerprint density at radius 1 is 1.07 bits per heavy atom. The first-order valence-electron chi connectivity index (χ1n) is 3.48. The van der Waals surface area contributed by atoms with E-state index in [2.05, 4.69) is 15.9 Å². The second-order valence-electron chi connectivity index (χ2n) is 2.54. The maximum Gasteiger partial charge on any atom is 0.405 e. The predicted octanol–water partition coefficient (Wildman–Crippen LogP) is 3.96. The van der Waals surface area contributed by atoms with E-state index in [1.165, 1.54) is 0 Å². The van der Waals surface area contributed by atoms with Gasteiger partial charge in [-0.15, -0.1) is 0 Å². The lowest BCUT2D eigenvalue weighted by Gasteiger charge is -2.15. The molecule has 0 aliphatic rings. The zero-order valence-electron chi connectivity index (χ0n) is 6.58. The molecule has 0 saturated carbocycles. The molecule has 0 nitrogen and oxygen atoms in total. The van der Waals surface area contributed by atoms with Crippen molar-refractivity contribution in [2.24, 2.45) is 0 Å². The van der Waals surface area contributed by atoms with Gasteiger partial charge in [-0.1, -0.05) is 22.0 Å². The maximum atomic E-state index is 12.9. The molecule has 0 unspecified atom stereocenters. The fraction of sp³-hybridized carbons (Fsp3) is 0.250. The summed E-state index contributed by atoms with van der Waals surface area (Å²) in [6, 6.07) is 2.56. The normalized spacial score (nSPS) is 14.1. The summed E-state index contributed by atoms with van der Waals surface area (Å²) < 4.78 is 62.1. The van der Waals surface area contributed by atoms with Crippen molar-refractivity contribution in [1.82, 2.24) is 0 Å². The van der Waals surface area contributed by atoms with Gasteiger partial charge in [-0.3, -0.25) is 0 Å². The van der Waals surface area contributed by atoms with Crippen LogP contribution >= 0.6 is 15.9 Å². The van der Waals surface area contributed by atoms with Gasteiger partial charge in [-0.2, -0.15) is 13.2 Å². The summed E-state index contributed by atoms with van der Waals surface area (Å²) in [5.41, 5.74) is -1.01. The van der Waals surface area contributed by atoms with Crippen molar-refractivity contribution in [3.63, 3.8) is 0 Å². The molecular weight excluding hydrogens is 271 g/mol. The lowest BCUT2D eigenvalue weighted by atomic mass is 10.1. The average Bonchev–Trinajstić information content (AvgIpc) is 2.01. The van der Waals surface area contributed by atoms with Gasteiger partial charge in [-0.05, 0) is 12.1 Å². The summed E-state index contributed by atoms with van der Waals surface area (Å²) >= 11 is 2.20. The van der Waals surface area contributed by atoms with Crippen molar-refractivity contribution < 1.29 is 22.0 Å². The van der Waals surface area contributed by atoms with E-state index in [1.807, 2.05) is 0 Å². The molecule has 0 aliphatic carbocycles. The van der Waals surface area contributed by atoms with Crippen molar-refractivity contribution >= 4 is 15.9 Å². The van der Waals surface area contributed by atoms with E-state index in [0.717, 1.165) is 18.2 Å². The second kappa shape index (κ2) is 3.84. The molecule has 6 heteroatoms. The van der Waals surface area contributed by atoms with Crippen molar-refractivity contribution in [1.29, 1.82) is 0 Å². The first-order chi connectivity index (χ1) is 6.34. The molecule has 0 heterocycles. The first-order valence-corrected chi connectivity index (χ1v) is 4.40. The summed E-state index contributed by atoms with van der Waals surface area (Å²) in [5.74, 6) is -2.44. The largest absolute Gasteiger partial charge is 0.405 e. The van der Waals surface area contributed by atoms with Crippen LogP contribution in [0.3, 0.4) is 0 Å². The van der Waals surface area contributed by atoms with Gasteiger partial charge in [-0.25, -0.2) is 8.78 Å². The van der Waals surface area contributed by atoms with Crippen molar-refractivity contribution in [3.05, 3.63) is 35.4 Å². The molecule has 0 saturated heterocycles. The molecule has 1 atom stereocenters. The fourth-order valence-electron chi connectivity index (χ4n) is 0.916. The van der Waals surface area contributed by atoms with E-state index in [9.17, 15) is 22.0 Å². The predicted molar refractivity (Wildman–Crippen MR) is 44.1 cm³/mol. The van der Waals surface area contributed by atoms with Crippen LogP contribution in [0.15, 0.2) is 18.2 Å². The monoisotopic (exact) mass is 274 g/mol. The van der Waals surface area contributed by atoms with Crippen LogP contribution in [0.5, 0.6) is 0 Å². The quantitative estimate of drug-likeness (QED) is 0.537. The minimum absolute atomic E-state index is 0.776. The van der Waals surface area contributed by atoms with Gasteiger partial charge in [0, 0.05) is 5.56 Å². The lowest BCUT2D eigenvalue weighted by molar-refractivity contribution is -0.129. The van der Waals surface area contributed by atoms with Crippen LogP contribution in [0.2, 0.25) is 0 Å². The molecule has 0 radical (unpaired) electrons. The highest BCUT2D eigenvalue weighted by molar-refractivity contribution is 9.09. The van der Waals surface area contributed by atoms with E-state index in [4.69, 9.17) is 0 Å². The minimum Gasteiger partial charge on any atom is -0.207 e. The summed E-state index contributed by atoms with van der Waals surface area (Å²) in [7, 11) is 0. The van der Waals surface area contributed by atoms with Gasteiger partial charge < -0.3 is 0 Å². The third kappa shape index (κ3) is 2.23. The zero-order valence-corrected chi connectivity index (χ0v) is 8.16. The molecule has 0 spiro atoms. The van der Waals surface area contributed by atoms with Crippen LogP contribution in [0, 0.1) is 11.6 Å². The van der Waals surface area contributed by atoms with Crippen LogP contribution in [-0.2, 0) is 0 Å². The highest BCUT2D eigenvalue weighted by Gasteiger charge is 2.41. The number of halogens is 6. The highest BCUT2D eigenvalue weighted by atomic mass is 79.9. The molecule has 0 N–H and O–H groups in total. The van der Waals surface area contributed by atoms with Gasteiger partial charge in [0.15, 0.2) is 0 Å². The van der Waals surface area contributed by atoms with Crippen LogP contribution < -0.4 is 0 Å². The van der Waals surface area contributed by atoms with Crippen molar-refractivity contribution in [2.75, 3.05) is 0 Å². The molecular formula is C8H4BrF5. The van der Waals surface area contributed by atoms with Crippen molar-refractivity contribution in [2.45, 2.75) is 11.0 Å². The molecule has 1 aromatic rings. The third-order valence-electron chi connectivity index (χ3n) is 1.54. The van der Waals surface area contributed by atoms with E-state index in [1.54, 1.807) is 0 Å². The molecule has 0 bridgehead atoms. The molecule has 0 aliphatic heterocycles. The SMILES string of the molecule is Fc1cccc(F)c1[C@H](Br)C(F)(F)F. The Labute approximate surface area is 84.9 Å². The molecule has 0 fully saturated rings. The Kier molecular flexibility index (Phi) is 3.14. The molecule has 1 rings (SSSR count). The van der Waals surface area contributed by atoms with E-state index >= 15 is 0 Å². The Morgan fingerprint density at radius 3 is 1.86 bits per heavy atom. The van der Waals surface area contributed by atoms with Crippen molar-refractivity contribution in [3.8, 4) is 0 Å². The number of benzene rings is 1. The van der Waals surface area contributed by atoms with Crippen LogP contribution in [0.4, 0.5) is 22.0 Å². The number of hydrogen-bond donors (Lipinski definition) is 0. The standard InChI is InChI=1S/C8H4BrF5/c9-7(8(12,13)14)6-4(10)2-1-3-5(6)11/h1-3,7H/t7-/m0/s1. The fourth-order valence-corrected chi connectivity index (χ4v) is 1.35.